The number of hydrogen-bond donors (Lipinski definition) is 1. The maximum absolute atomic E-state index is 5.37. The van der Waals surface area contributed by atoms with Crippen molar-refractivity contribution in [2.45, 2.75) is 6.54 Å². The predicted octanol–water partition coefficient (Wildman–Crippen LogP) is 1.99. The minimum atomic E-state index is 0.618. The van der Waals surface area contributed by atoms with Crippen molar-refractivity contribution >= 4 is 0 Å². The molecule has 0 bridgehead atoms. The lowest BCUT2D eigenvalue weighted by atomic mass is 10.1. The molecule has 4 heteroatoms. The average molecular weight is 237 g/mol. The summed E-state index contributed by atoms with van der Waals surface area (Å²) in [5.74, 6) is 1.98. The van der Waals surface area contributed by atoms with Gasteiger partial charge in [-0.3, -0.25) is 0 Å². The predicted molar refractivity (Wildman–Crippen MR) is 68.0 cm³/mol. The molecule has 0 radical (unpaired) electrons. The molecule has 0 aromatic heterocycles. The number of hydrogen-bond acceptors (Lipinski definition) is 4. The second kappa shape index (κ2) is 6.81. The zero-order chi connectivity index (χ0) is 12.7. The molecule has 0 aliphatic heterocycles. The van der Waals surface area contributed by atoms with E-state index in [1.165, 1.54) is 0 Å². The first-order valence-electron chi connectivity index (χ1n) is 5.37. The number of methoxy groups -OCH3 is 3. The van der Waals surface area contributed by atoms with Crippen LogP contribution in [-0.4, -0.2) is 27.9 Å². The van der Waals surface area contributed by atoms with Crippen LogP contribution in [0, 0.1) is 0 Å². The molecular formula is C13H19NO3. The number of ether oxygens (including phenoxy) is 3. The van der Waals surface area contributed by atoms with Gasteiger partial charge in [0.15, 0.2) is 11.5 Å². The molecule has 1 rings (SSSR count). The first-order valence-corrected chi connectivity index (χ1v) is 5.37. The van der Waals surface area contributed by atoms with Gasteiger partial charge in [0.25, 0.3) is 0 Å². The average Bonchev–Trinajstić information content (AvgIpc) is 2.38. The van der Waals surface area contributed by atoms with Gasteiger partial charge in [0, 0.05) is 18.7 Å². The molecule has 1 N–H and O–H groups in total. The van der Waals surface area contributed by atoms with E-state index >= 15 is 0 Å². The van der Waals surface area contributed by atoms with Gasteiger partial charge in [-0.2, -0.15) is 0 Å². The molecule has 0 aliphatic rings. The van der Waals surface area contributed by atoms with Gasteiger partial charge in [-0.1, -0.05) is 12.1 Å². The summed E-state index contributed by atoms with van der Waals surface area (Å²) < 4.78 is 15.9. The van der Waals surface area contributed by atoms with Crippen LogP contribution in [0.15, 0.2) is 24.8 Å². The molecule has 0 heterocycles. The van der Waals surface area contributed by atoms with E-state index in [2.05, 4.69) is 11.9 Å². The van der Waals surface area contributed by atoms with E-state index in [9.17, 15) is 0 Å². The van der Waals surface area contributed by atoms with Crippen molar-refractivity contribution in [2.24, 2.45) is 0 Å². The van der Waals surface area contributed by atoms with Crippen molar-refractivity contribution in [1.82, 2.24) is 5.32 Å². The SMILES string of the molecule is C=CCNCc1ccc(OC)c(OC)c1OC. The second-order valence-corrected chi connectivity index (χ2v) is 3.41. The van der Waals surface area contributed by atoms with Crippen LogP contribution in [0.2, 0.25) is 0 Å². The van der Waals surface area contributed by atoms with Gasteiger partial charge < -0.3 is 19.5 Å². The molecule has 0 spiro atoms. The summed E-state index contributed by atoms with van der Waals surface area (Å²) in [4.78, 5) is 0. The molecule has 0 saturated carbocycles. The molecule has 17 heavy (non-hydrogen) atoms. The van der Waals surface area contributed by atoms with Crippen LogP contribution >= 0.6 is 0 Å². The van der Waals surface area contributed by atoms with Crippen molar-refractivity contribution in [1.29, 1.82) is 0 Å². The first kappa shape index (κ1) is 13.4. The van der Waals surface area contributed by atoms with E-state index in [0.29, 0.717) is 23.8 Å². The third-order valence-electron chi connectivity index (χ3n) is 2.39. The van der Waals surface area contributed by atoms with Gasteiger partial charge in [0.05, 0.1) is 21.3 Å². The zero-order valence-corrected chi connectivity index (χ0v) is 10.6. The van der Waals surface area contributed by atoms with Crippen molar-refractivity contribution < 1.29 is 14.2 Å². The molecule has 1 aromatic carbocycles. The van der Waals surface area contributed by atoms with Crippen LogP contribution in [0.3, 0.4) is 0 Å². The Morgan fingerprint density at radius 1 is 1.12 bits per heavy atom. The van der Waals surface area contributed by atoms with Gasteiger partial charge in [0.1, 0.15) is 0 Å². The number of rotatable bonds is 7. The van der Waals surface area contributed by atoms with Gasteiger partial charge >= 0.3 is 0 Å². The van der Waals surface area contributed by atoms with Gasteiger partial charge in [-0.05, 0) is 6.07 Å². The summed E-state index contributed by atoms with van der Waals surface area (Å²) in [6.45, 7) is 5.09. The second-order valence-electron chi connectivity index (χ2n) is 3.41. The van der Waals surface area contributed by atoms with E-state index in [4.69, 9.17) is 14.2 Å². The van der Waals surface area contributed by atoms with Crippen molar-refractivity contribution in [3.63, 3.8) is 0 Å². The van der Waals surface area contributed by atoms with E-state index < -0.39 is 0 Å². The van der Waals surface area contributed by atoms with Crippen LogP contribution in [-0.2, 0) is 6.54 Å². The Kier molecular flexibility index (Phi) is 5.36. The highest BCUT2D eigenvalue weighted by atomic mass is 16.5. The third kappa shape index (κ3) is 3.14. The smallest absolute Gasteiger partial charge is 0.203 e. The van der Waals surface area contributed by atoms with Crippen molar-refractivity contribution in [3.8, 4) is 17.2 Å². The van der Waals surface area contributed by atoms with Gasteiger partial charge in [0.2, 0.25) is 5.75 Å². The highest BCUT2D eigenvalue weighted by Gasteiger charge is 2.14. The summed E-state index contributed by atoms with van der Waals surface area (Å²) in [5.41, 5.74) is 1.02. The Morgan fingerprint density at radius 2 is 1.82 bits per heavy atom. The van der Waals surface area contributed by atoms with Gasteiger partial charge in [-0.15, -0.1) is 6.58 Å². The first-order chi connectivity index (χ1) is 8.28. The summed E-state index contributed by atoms with van der Waals surface area (Å²) in [6, 6.07) is 3.82. The minimum Gasteiger partial charge on any atom is -0.493 e. The Labute approximate surface area is 102 Å². The lowest BCUT2D eigenvalue weighted by Gasteiger charge is -2.15. The monoisotopic (exact) mass is 237 g/mol. The fourth-order valence-electron chi connectivity index (χ4n) is 1.61. The minimum absolute atomic E-state index is 0.618. The lowest BCUT2D eigenvalue weighted by molar-refractivity contribution is 0.321. The molecule has 0 unspecified atom stereocenters. The third-order valence-corrected chi connectivity index (χ3v) is 2.39. The normalized spacial score (nSPS) is 9.82. The maximum atomic E-state index is 5.37. The molecule has 0 atom stereocenters. The van der Waals surface area contributed by atoms with Crippen LogP contribution in [0.5, 0.6) is 17.2 Å². The standard InChI is InChI=1S/C13H19NO3/c1-5-8-14-9-10-6-7-11(15-2)13(17-4)12(10)16-3/h5-7,14H,1,8-9H2,2-4H3. The molecule has 4 nitrogen and oxygen atoms in total. The molecule has 1 aromatic rings. The highest BCUT2D eigenvalue weighted by molar-refractivity contribution is 5.55. The quantitative estimate of drug-likeness (QED) is 0.581. The topological polar surface area (TPSA) is 39.7 Å². The number of benzene rings is 1. The Morgan fingerprint density at radius 3 is 2.35 bits per heavy atom. The van der Waals surface area contributed by atoms with E-state index in [-0.39, 0.29) is 0 Å². The summed E-state index contributed by atoms with van der Waals surface area (Å²) in [7, 11) is 4.82. The zero-order valence-electron chi connectivity index (χ0n) is 10.6. The summed E-state index contributed by atoms with van der Waals surface area (Å²) in [6.07, 6.45) is 1.81. The van der Waals surface area contributed by atoms with E-state index in [0.717, 1.165) is 12.1 Å². The largest absolute Gasteiger partial charge is 0.493 e. The Hall–Kier alpha value is -1.68. The number of nitrogens with one attached hydrogen (secondary N) is 1. The van der Waals surface area contributed by atoms with E-state index in [1.807, 2.05) is 18.2 Å². The molecule has 0 amide bonds. The van der Waals surface area contributed by atoms with Crippen LogP contribution in [0.4, 0.5) is 0 Å². The Balaban J connectivity index is 3.00. The summed E-state index contributed by atoms with van der Waals surface area (Å²) in [5, 5.41) is 3.22. The summed E-state index contributed by atoms with van der Waals surface area (Å²) >= 11 is 0. The van der Waals surface area contributed by atoms with Crippen molar-refractivity contribution in [3.05, 3.63) is 30.4 Å². The fraction of sp³-hybridized carbons (Fsp3) is 0.385. The fourth-order valence-corrected chi connectivity index (χ4v) is 1.61. The Bertz CT molecular complexity index is 377. The molecule has 94 valence electrons. The molecular weight excluding hydrogens is 218 g/mol. The van der Waals surface area contributed by atoms with Crippen molar-refractivity contribution in [2.75, 3.05) is 27.9 Å². The van der Waals surface area contributed by atoms with Gasteiger partial charge in [-0.25, -0.2) is 0 Å². The molecule has 0 saturated heterocycles. The highest BCUT2D eigenvalue weighted by Crippen LogP contribution is 2.39. The lowest BCUT2D eigenvalue weighted by Crippen LogP contribution is -2.13. The van der Waals surface area contributed by atoms with Crippen LogP contribution < -0.4 is 19.5 Å². The van der Waals surface area contributed by atoms with Crippen LogP contribution in [0.25, 0.3) is 0 Å². The maximum Gasteiger partial charge on any atom is 0.203 e. The molecule has 0 fully saturated rings. The molecule has 0 aliphatic carbocycles. The van der Waals surface area contributed by atoms with Crippen LogP contribution in [0.1, 0.15) is 5.56 Å². The van der Waals surface area contributed by atoms with E-state index in [1.54, 1.807) is 21.3 Å².